The van der Waals surface area contributed by atoms with Crippen LogP contribution in [0.5, 0.6) is 0 Å². The fourth-order valence-corrected chi connectivity index (χ4v) is 3.73. The predicted octanol–water partition coefficient (Wildman–Crippen LogP) is 3.09. The Bertz CT molecular complexity index is 882. The normalized spacial score (nSPS) is 15.9. The number of imidazole rings is 1. The van der Waals surface area contributed by atoms with Crippen LogP contribution >= 0.6 is 0 Å². The van der Waals surface area contributed by atoms with Crippen LogP contribution in [-0.2, 0) is 13.0 Å². The maximum Gasteiger partial charge on any atom is 0.294 e. The van der Waals surface area contributed by atoms with Crippen LogP contribution < -0.4 is 10.2 Å². The Morgan fingerprint density at radius 3 is 2.81 bits per heavy atom. The quantitative estimate of drug-likeness (QED) is 0.884. The first kappa shape index (κ1) is 17.8. The number of hydrogen-bond acceptors (Lipinski definition) is 3. The van der Waals surface area contributed by atoms with E-state index in [0.29, 0.717) is 18.1 Å². The molecule has 1 aromatic carbocycles. The first-order valence-corrected chi connectivity index (χ1v) is 9.87. The van der Waals surface area contributed by atoms with Gasteiger partial charge in [-0.05, 0) is 63.6 Å². The molecule has 6 nitrogen and oxygen atoms in total. The zero-order chi connectivity index (χ0) is 19.0. The molecule has 2 aromatic rings. The Kier molecular flexibility index (Phi) is 4.72. The lowest BCUT2D eigenvalue weighted by molar-refractivity contribution is 0.0945. The molecule has 4 rings (SSSR count). The second-order valence-electron chi connectivity index (χ2n) is 7.48. The van der Waals surface area contributed by atoms with Crippen LogP contribution in [0.2, 0.25) is 0 Å². The first-order chi connectivity index (χ1) is 13.1. The van der Waals surface area contributed by atoms with Gasteiger partial charge in [-0.2, -0.15) is 0 Å². The number of carbonyl (C=O) groups is 2. The number of rotatable bonds is 5. The molecule has 0 spiro atoms. The van der Waals surface area contributed by atoms with Crippen molar-refractivity contribution in [1.82, 2.24) is 14.9 Å². The van der Waals surface area contributed by atoms with Crippen LogP contribution in [0.15, 0.2) is 24.3 Å². The third-order valence-electron chi connectivity index (χ3n) is 5.31. The van der Waals surface area contributed by atoms with Crippen molar-refractivity contribution in [2.75, 3.05) is 11.4 Å². The number of anilines is 1. The van der Waals surface area contributed by atoms with Gasteiger partial charge in [0.05, 0.1) is 5.69 Å². The van der Waals surface area contributed by atoms with Crippen LogP contribution in [-0.4, -0.2) is 34.0 Å². The minimum atomic E-state index is -0.142. The number of fused-ring (bicyclic) bond motifs is 1. The van der Waals surface area contributed by atoms with Crippen molar-refractivity contribution in [2.45, 2.75) is 58.5 Å². The highest BCUT2D eigenvalue weighted by Gasteiger charge is 2.32. The van der Waals surface area contributed by atoms with Crippen molar-refractivity contribution in [3.63, 3.8) is 0 Å². The number of hydrogen-bond donors (Lipinski definition) is 1. The summed E-state index contributed by atoms with van der Waals surface area (Å²) in [5.74, 6) is 0.103. The van der Waals surface area contributed by atoms with Crippen LogP contribution in [0.25, 0.3) is 0 Å². The van der Waals surface area contributed by atoms with Crippen LogP contribution in [0.3, 0.4) is 0 Å². The summed E-state index contributed by atoms with van der Waals surface area (Å²) in [6, 6.07) is 8.18. The van der Waals surface area contributed by atoms with E-state index in [1.807, 2.05) is 42.7 Å². The minimum Gasteiger partial charge on any atom is -0.348 e. The highest BCUT2D eigenvalue weighted by atomic mass is 16.2. The SMILES string of the molecule is CCN(C(=O)c1nc(C(=O)NC2CC2)c2n1CCCC2)c1cccc(C)c1. The van der Waals surface area contributed by atoms with Gasteiger partial charge < -0.3 is 14.8 Å². The van der Waals surface area contributed by atoms with Gasteiger partial charge in [0.2, 0.25) is 5.82 Å². The Labute approximate surface area is 159 Å². The number of aryl methyl sites for hydroxylation is 1. The second kappa shape index (κ2) is 7.18. The molecule has 2 amide bonds. The highest BCUT2D eigenvalue weighted by Crippen LogP contribution is 2.26. The molecule has 142 valence electrons. The van der Waals surface area contributed by atoms with E-state index >= 15 is 0 Å². The van der Waals surface area contributed by atoms with Gasteiger partial charge in [-0.15, -0.1) is 0 Å². The summed E-state index contributed by atoms with van der Waals surface area (Å²) in [6.07, 6.45) is 4.89. The second-order valence-corrected chi connectivity index (χ2v) is 7.48. The summed E-state index contributed by atoms with van der Waals surface area (Å²) in [5, 5.41) is 3.02. The number of nitrogens with one attached hydrogen (secondary N) is 1. The van der Waals surface area contributed by atoms with E-state index in [4.69, 9.17) is 0 Å². The summed E-state index contributed by atoms with van der Waals surface area (Å²) < 4.78 is 1.96. The molecule has 2 aliphatic rings. The Balaban J connectivity index is 1.70. The maximum absolute atomic E-state index is 13.3. The lowest BCUT2D eigenvalue weighted by atomic mass is 10.1. The molecule has 2 heterocycles. The molecule has 0 unspecified atom stereocenters. The first-order valence-electron chi connectivity index (χ1n) is 9.87. The lowest BCUT2D eigenvalue weighted by Crippen LogP contribution is -2.33. The third-order valence-corrected chi connectivity index (χ3v) is 5.31. The average molecular weight is 366 g/mol. The molecule has 1 saturated carbocycles. The summed E-state index contributed by atoms with van der Waals surface area (Å²) in [5.41, 5.74) is 3.31. The largest absolute Gasteiger partial charge is 0.348 e. The molecular formula is C21H26N4O2. The van der Waals surface area contributed by atoms with Crippen molar-refractivity contribution in [1.29, 1.82) is 0 Å². The zero-order valence-electron chi connectivity index (χ0n) is 16.0. The topological polar surface area (TPSA) is 67.2 Å². The van der Waals surface area contributed by atoms with Crippen molar-refractivity contribution >= 4 is 17.5 Å². The molecule has 1 aliphatic heterocycles. The number of nitrogens with zero attached hydrogens (tertiary/aromatic N) is 3. The van der Waals surface area contributed by atoms with E-state index < -0.39 is 0 Å². The van der Waals surface area contributed by atoms with Crippen LogP contribution in [0.4, 0.5) is 5.69 Å². The number of carbonyl (C=O) groups excluding carboxylic acids is 2. The summed E-state index contributed by atoms with van der Waals surface area (Å²) in [6.45, 7) is 5.26. The van der Waals surface area contributed by atoms with Gasteiger partial charge in [-0.3, -0.25) is 9.59 Å². The fourth-order valence-electron chi connectivity index (χ4n) is 3.73. The van der Waals surface area contributed by atoms with Crippen molar-refractivity contribution < 1.29 is 9.59 Å². The third kappa shape index (κ3) is 3.48. The molecule has 1 fully saturated rings. The van der Waals surface area contributed by atoms with Gasteiger partial charge in [0.15, 0.2) is 0 Å². The molecule has 0 saturated heterocycles. The number of amides is 2. The molecule has 0 atom stereocenters. The van der Waals surface area contributed by atoms with E-state index in [1.54, 1.807) is 4.90 Å². The molecular weight excluding hydrogens is 340 g/mol. The van der Waals surface area contributed by atoms with Crippen molar-refractivity contribution in [3.05, 3.63) is 47.0 Å². The Hall–Kier alpha value is -2.63. The van der Waals surface area contributed by atoms with E-state index in [2.05, 4.69) is 10.3 Å². The Morgan fingerprint density at radius 1 is 1.30 bits per heavy atom. The number of aromatic nitrogens is 2. The van der Waals surface area contributed by atoms with Crippen LogP contribution in [0, 0.1) is 6.92 Å². The van der Waals surface area contributed by atoms with E-state index in [1.165, 1.54) is 0 Å². The van der Waals surface area contributed by atoms with E-state index in [9.17, 15) is 9.59 Å². The maximum atomic E-state index is 13.3. The zero-order valence-corrected chi connectivity index (χ0v) is 16.0. The molecule has 27 heavy (non-hydrogen) atoms. The Morgan fingerprint density at radius 2 is 2.11 bits per heavy atom. The van der Waals surface area contributed by atoms with Gasteiger partial charge in [0, 0.05) is 24.8 Å². The summed E-state index contributed by atoms with van der Waals surface area (Å²) in [4.78, 5) is 32.3. The minimum absolute atomic E-state index is 0.138. The fraction of sp³-hybridized carbons (Fsp3) is 0.476. The van der Waals surface area contributed by atoms with Gasteiger partial charge in [0.25, 0.3) is 11.8 Å². The average Bonchev–Trinajstić information content (AvgIpc) is 3.39. The number of benzene rings is 1. The molecule has 6 heteroatoms. The monoisotopic (exact) mass is 366 g/mol. The van der Waals surface area contributed by atoms with Gasteiger partial charge in [-0.25, -0.2) is 4.98 Å². The molecule has 0 radical (unpaired) electrons. The lowest BCUT2D eigenvalue weighted by Gasteiger charge is -2.23. The molecule has 0 bridgehead atoms. The highest BCUT2D eigenvalue weighted by molar-refractivity contribution is 6.05. The summed E-state index contributed by atoms with van der Waals surface area (Å²) >= 11 is 0. The smallest absolute Gasteiger partial charge is 0.294 e. The van der Waals surface area contributed by atoms with E-state index in [0.717, 1.165) is 55.6 Å². The predicted molar refractivity (Wildman–Crippen MR) is 104 cm³/mol. The standard InChI is InChI=1S/C21H26N4O2/c1-3-24(16-8-6-7-14(2)13-16)21(27)19-23-18(20(26)22-15-10-11-15)17-9-4-5-12-25(17)19/h6-8,13,15H,3-5,9-12H2,1-2H3,(H,22,26). The molecule has 1 aromatic heterocycles. The molecule has 1 N–H and O–H groups in total. The van der Waals surface area contributed by atoms with Crippen LogP contribution in [0.1, 0.15) is 65.0 Å². The van der Waals surface area contributed by atoms with Gasteiger partial charge in [0.1, 0.15) is 5.69 Å². The van der Waals surface area contributed by atoms with Crippen molar-refractivity contribution in [3.8, 4) is 0 Å². The molecule has 1 aliphatic carbocycles. The summed E-state index contributed by atoms with van der Waals surface area (Å²) in [7, 11) is 0. The van der Waals surface area contributed by atoms with Crippen molar-refractivity contribution in [2.24, 2.45) is 0 Å². The van der Waals surface area contributed by atoms with E-state index in [-0.39, 0.29) is 17.9 Å². The van der Waals surface area contributed by atoms with Gasteiger partial charge in [-0.1, -0.05) is 12.1 Å². The van der Waals surface area contributed by atoms with Gasteiger partial charge >= 0.3 is 0 Å².